The normalized spacial score (nSPS) is 36.4. The maximum Gasteiger partial charge on any atom is 0.319 e. The summed E-state index contributed by atoms with van der Waals surface area (Å²) in [6, 6.07) is 6.89. The summed E-state index contributed by atoms with van der Waals surface area (Å²) >= 11 is 3.48. The van der Waals surface area contributed by atoms with Crippen molar-refractivity contribution in [3.63, 3.8) is 0 Å². The molecule has 0 aromatic heterocycles. The van der Waals surface area contributed by atoms with E-state index in [1.807, 2.05) is 0 Å². The van der Waals surface area contributed by atoms with Crippen molar-refractivity contribution in [2.75, 3.05) is 12.4 Å². The Morgan fingerprint density at radius 3 is 2.82 bits per heavy atom. The van der Waals surface area contributed by atoms with E-state index >= 15 is 0 Å². The Bertz CT molecular complexity index is 803. The third-order valence-electron chi connectivity index (χ3n) is 8.11. The number of rotatable bonds is 4. The Morgan fingerprint density at radius 2 is 2.11 bits per heavy atom. The van der Waals surface area contributed by atoms with Crippen molar-refractivity contribution < 1.29 is 14.3 Å². The molecule has 1 aromatic rings. The van der Waals surface area contributed by atoms with Crippen molar-refractivity contribution >= 4 is 27.7 Å². The zero-order chi connectivity index (χ0) is 20.1. The van der Waals surface area contributed by atoms with E-state index in [-0.39, 0.29) is 23.1 Å². The summed E-state index contributed by atoms with van der Waals surface area (Å²) in [5.41, 5.74) is 2.99. The Labute approximate surface area is 176 Å². The number of Topliss-reactive ketones (excluding diaryl/α,β-unsaturated/α-hetero) is 1. The van der Waals surface area contributed by atoms with Gasteiger partial charge in [0.05, 0.1) is 7.11 Å². The lowest BCUT2D eigenvalue weighted by Crippen LogP contribution is -2.44. The molecule has 0 spiro atoms. The molecule has 3 aliphatic rings. The Balaban J connectivity index is 1.71. The number of fused-ring (bicyclic) bond motifs is 5. The minimum atomic E-state index is -0.940. The highest BCUT2D eigenvalue weighted by atomic mass is 79.9. The monoisotopic (exact) mass is 446 g/mol. The molecule has 0 N–H and O–H groups in total. The van der Waals surface area contributed by atoms with E-state index in [4.69, 9.17) is 4.74 Å². The number of halogens is 1. The summed E-state index contributed by atoms with van der Waals surface area (Å²) in [5, 5.41) is 0.805. The summed E-state index contributed by atoms with van der Waals surface area (Å²) in [5.74, 6) is 1.15. The van der Waals surface area contributed by atoms with E-state index in [9.17, 15) is 9.59 Å². The quantitative estimate of drug-likeness (QED) is 0.354. The first kappa shape index (κ1) is 20.1. The first-order valence-corrected chi connectivity index (χ1v) is 11.8. The van der Waals surface area contributed by atoms with Crippen molar-refractivity contribution in [1.82, 2.24) is 0 Å². The van der Waals surface area contributed by atoms with Gasteiger partial charge in [0, 0.05) is 10.7 Å². The molecule has 5 atom stereocenters. The van der Waals surface area contributed by atoms with Gasteiger partial charge in [0.2, 0.25) is 0 Å². The lowest BCUT2D eigenvalue weighted by Gasteiger charge is -2.48. The SMILES string of the molecule is COC(=O)[C@@]1(CCCBr)CC2C3CCc4cc(C)ccc4C3CC[C@]2(C)C1=O. The average molecular weight is 447 g/mol. The van der Waals surface area contributed by atoms with Gasteiger partial charge in [-0.1, -0.05) is 46.6 Å². The topological polar surface area (TPSA) is 43.4 Å². The van der Waals surface area contributed by atoms with Gasteiger partial charge < -0.3 is 4.74 Å². The summed E-state index contributed by atoms with van der Waals surface area (Å²) in [6.45, 7) is 4.30. The number of alkyl halides is 1. The van der Waals surface area contributed by atoms with Crippen LogP contribution in [0.25, 0.3) is 0 Å². The lowest BCUT2D eigenvalue weighted by molar-refractivity contribution is -0.158. The third kappa shape index (κ3) is 2.81. The van der Waals surface area contributed by atoms with Crippen LogP contribution in [0.4, 0.5) is 0 Å². The maximum atomic E-state index is 13.7. The number of ether oxygens (including phenoxy) is 1. The smallest absolute Gasteiger partial charge is 0.319 e. The molecule has 3 aliphatic carbocycles. The molecule has 0 bridgehead atoms. The van der Waals surface area contributed by atoms with Gasteiger partial charge in [-0.2, -0.15) is 0 Å². The second-order valence-electron chi connectivity index (χ2n) is 9.47. The van der Waals surface area contributed by atoms with E-state index in [1.54, 1.807) is 0 Å². The zero-order valence-electron chi connectivity index (χ0n) is 17.2. The fraction of sp³-hybridized carbons (Fsp3) is 0.667. The largest absolute Gasteiger partial charge is 0.468 e. The Hall–Kier alpha value is -1.16. The summed E-state index contributed by atoms with van der Waals surface area (Å²) in [4.78, 5) is 26.6. The molecule has 4 heteroatoms. The van der Waals surface area contributed by atoms with Gasteiger partial charge in [0.15, 0.2) is 5.78 Å². The lowest BCUT2D eigenvalue weighted by atomic mass is 9.55. The van der Waals surface area contributed by atoms with Crippen molar-refractivity contribution in [2.24, 2.45) is 22.7 Å². The second-order valence-corrected chi connectivity index (χ2v) is 10.3. The van der Waals surface area contributed by atoms with Crippen molar-refractivity contribution in [2.45, 2.75) is 64.7 Å². The van der Waals surface area contributed by atoms with Gasteiger partial charge in [-0.3, -0.25) is 9.59 Å². The highest BCUT2D eigenvalue weighted by molar-refractivity contribution is 9.09. The molecule has 3 nitrogen and oxygen atoms in total. The van der Waals surface area contributed by atoms with E-state index in [2.05, 4.69) is 48.0 Å². The van der Waals surface area contributed by atoms with Gasteiger partial charge in [-0.05, 0) is 80.8 Å². The second kappa shape index (κ2) is 7.27. The van der Waals surface area contributed by atoms with Gasteiger partial charge in [-0.25, -0.2) is 0 Å². The number of carbonyl (C=O) groups excluding carboxylic acids is 2. The number of hydrogen-bond acceptors (Lipinski definition) is 3. The third-order valence-corrected chi connectivity index (χ3v) is 8.67. The van der Waals surface area contributed by atoms with Crippen LogP contribution in [0.2, 0.25) is 0 Å². The van der Waals surface area contributed by atoms with Crippen LogP contribution in [0.15, 0.2) is 18.2 Å². The highest BCUT2D eigenvalue weighted by Crippen LogP contribution is 2.64. The van der Waals surface area contributed by atoms with Crippen LogP contribution in [-0.4, -0.2) is 24.2 Å². The van der Waals surface area contributed by atoms with Gasteiger partial charge >= 0.3 is 5.97 Å². The van der Waals surface area contributed by atoms with E-state index in [0.717, 1.165) is 37.4 Å². The molecule has 2 saturated carbocycles. The first-order chi connectivity index (χ1) is 13.4. The molecule has 0 amide bonds. The molecule has 3 unspecified atom stereocenters. The number of esters is 1. The molecule has 0 saturated heterocycles. The van der Waals surface area contributed by atoms with Gasteiger partial charge in [-0.15, -0.1) is 0 Å². The standard InChI is InChI=1S/C24H31BrO3/c1-15-5-7-17-16(13-15)6-8-19-18(17)9-11-23(2)20(19)14-24(21(23)26,10-4-12-25)22(27)28-3/h5,7,13,18-20H,4,6,8-12,14H2,1-3H3/t18?,19?,20?,23-,24-/m0/s1. The minimum Gasteiger partial charge on any atom is -0.468 e. The fourth-order valence-electron chi connectivity index (χ4n) is 6.76. The molecule has 0 heterocycles. The molecule has 1 aromatic carbocycles. The fourth-order valence-corrected chi connectivity index (χ4v) is 7.04. The average Bonchev–Trinajstić information content (AvgIpc) is 2.93. The summed E-state index contributed by atoms with van der Waals surface area (Å²) < 4.78 is 5.19. The van der Waals surface area contributed by atoms with Crippen LogP contribution in [0.1, 0.15) is 68.1 Å². The molecule has 2 fully saturated rings. The predicted molar refractivity (Wildman–Crippen MR) is 114 cm³/mol. The number of benzene rings is 1. The molecular formula is C24H31BrO3. The number of hydrogen-bond donors (Lipinski definition) is 0. The predicted octanol–water partition coefficient (Wildman–Crippen LogP) is 5.36. The molecular weight excluding hydrogens is 416 g/mol. The Morgan fingerprint density at radius 1 is 1.32 bits per heavy atom. The van der Waals surface area contributed by atoms with Crippen molar-refractivity contribution in [1.29, 1.82) is 0 Å². The minimum absolute atomic E-state index is 0.158. The Kier molecular flexibility index (Phi) is 5.22. The molecule has 152 valence electrons. The first-order valence-electron chi connectivity index (χ1n) is 10.7. The van der Waals surface area contributed by atoms with Crippen molar-refractivity contribution in [3.05, 3.63) is 34.9 Å². The van der Waals surface area contributed by atoms with Gasteiger partial charge in [0.25, 0.3) is 0 Å². The van der Waals surface area contributed by atoms with Crippen LogP contribution >= 0.6 is 15.9 Å². The van der Waals surface area contributed by atoms with E-state index in [0.29, 0.717) is 24.7 Å². The van der Waals surface area contributed by atoms with Crippen LogP contribution in [0, 0.1) is 29.6 Å². The highest BCUT2D eigenvalue weighted by Gasteiger charge is 2.66. The van der Waals surface area contributed by atoms with Crippen LogP contribution in [0.5, 0.6) is 0 Å². The maximum absolute atomic E-state index is 13.7. The summed E-state index contributed by atoms with van der Waals surface area (Å²) in [6.07, 6.45) is 6.25. The van der Waals surface area contributed by atoms with Crippen LogP contribution in [0.3, 0.4) is 0 Å². The van der Waals surface area contributed by atoms with Crippen molar-refractivity contribution in [3.8, 4) is 0 Å². The zero-order valence-corrected chi connectivity index (χ0v) is 18.8. The molecule has 0 radical (unpaired) electrons. The van der Waals surface area contributed by atoms with E-state index < -0.39 is 5.41 Å². The van der Waals surface area contributed by atoms with Gasteiger partial charge in [0.1, 0.15) is 5.41 Å². The van der Waals surface area contributed by atoms with Crippen LogP contribution < -0.4 is 0 Å². The number of aryl methyl sites for hydroxylation is 2. The van der Waals surface area contributed by atoms with E-state index in [1.165, 1.54) is 23.8 Å². The molecule has 28 heavy (non-hydrogen) atoms. The molecule has 4 rings (SSSR count). The van der Waals surface area contributed by atoms with Crippen LogP contribution in [-0.2, 0) is 20.7 Å². The number of carbonyl (C=O) groups is 2. The summed E-state index contributed by atoms with van der Waals surface area (Å²) in [7, 11) is 1.43. The number of ketones is 1. The number of methoxy groups -OCH3 is 1. The molecule has 0 aliphatic heterocycles.